The Balaban J connectivity index is 2.60. The summed E-state index contributed by atoms with van der Waals surface area (Å²) in [6.07, 6.45) is 0.959. The third kappa shape index (κ3) is 6.87. The smallest absolute Gasteiger partial charge is 0.345 e. The number of halogens is 3. The fourth-order valence-corrected chi connectivity index (χ4v) is 2.23. The summed E-state index contributed by atoms with van der Waals surface area (Å²) < 4.78 is 41.4. The SMILES string of the molecule is CCCC(CCC(C)CC)c1cc(NCC(F)(F)F)on1. The number of aromatic nitrogens is 1. The highest BCUT2D eigenvalue weighted by atomic mass is 19.4. The van der Waals surface area contributed by atoms with Gasteiger partial charge in [0.15, 0.2) is 0 Å². The van der Waals surface area contributed by atoms with Gasteiger partial charge in [-0.2, -0.15) is 13.2 Å². The number of nitrogens with one attached hydrogen (secondary N) is 1. The number of hydrogen-bond acceptors (Lipinski definition) is 3. The fourth-order valence-electron chi connectivity index (χ4n) is 2.23. The number of rotatable bonds is 9. The van der Waals surface area contributed by atoms with Crippen LogP contribution in [0.15, 0.2) is 10.6 Å². The van der Waals surface area contributed by atoms with Gasteiger partial charge in [0.2, 0.25) is 5.88 Å². The second-order valence-electron chi connectivity index (χ2n) is 5.66. The van der Waals surface area contributed by atoms with Crippen molar-refractivity contribution < 1.29 is 17.7 Å². The number of alkyl halides is 3. The van der Waals surface area contributed by atoms with Gasteiger partial charge >= 0.3 is 6.18 Å². The third-order valence-electron chi connectivity index (χ3n) is 3.75. The first-order valence-corrected chi connectivity index (χ1v) is 7.62. The van der Waals surface area contributed by atoms with E-state index < -0.39 is 12.7 Å². The highest BCUT2D eigenvalue weighted by Crippen LogP contribution is 2.29. The van der Waals surface area contributed by atoms with Crippen molar-refractivity contribution in [2.45, 2.75) is 65.0 Å². The van der Waals surface area contributed by atoms with Gasteiger partial charge in [-0.05, 0) is 18.8 Å². The zero-order valence-electron chi connectivity index (χ0n) is 13.0. The summed E-state index contributed by atoms with van der Waals surface area (Å²) in [5.41, 5.74) is 0.754. The van der Waals surface area contributed by atoms with Gasteiger partial charge in [-0.3, -0.25) is 0 Å². The average molecular weight is 306 g/mol. The Labute approximate surface area is 124 Å². The minimum atomic E-state index is -4.26. The van der Waals surface area contributed by atoms with Gasteiger partial charge in [-0.25, -0.2) is 0 Å². The van der Waals surface area contributed by atoms with Crippen LogP contribution in [0.4, 0.5) is 19.1 Å². The van der Waals surface area contributed by atoms with E-state index in [0.29, 0.717) is 5.92 Å². The topological polar surface area (TPSA) is 38.1 Å². The maximum atomic E-state index is 12.2. The van der Waals surface area contributed by atoms with Crippen LogP contribution >= 0.6 is 0 Å². The molecule has 122 valence electrons. The van der Waals surface area contributed by atoms with Crippen LogP contribution in [0.3, 0.4) is 0 Å². The van der Waals surface area contributed by atoms with E-state index in [0.717, 1.165) is 37.8 Å². The molecule has 0 radical (unpaired) electrons. The van der Waals surface area contributed by atoms with E-state index in [-0.39, 0.29) is 11.8 Å². The lowest BCUT2D eigenvalue weighted by Gasteiger charge is -2.15. The summed E-state index contributed by atoms with van der Waals surface area (Å²) in [7, 11) is 0. The Hall–Kier alpha value is -1.20. The lowest BCUT2D eigenvalue weighted by molar-refractivity contribution is -0.115. The molecule has 1 rings (SSSR count). The van der Waals surface area contributed by atoms with Crippen LogP contribution in [0, 0.1) is 5.92 Å². The number of nitrogens with zero attached hydrogens (tertiary/aromatic N) is 1. The second-order valence-corrected chi connectivity index (χ2v) is 5.66. The third-order valence-corrected chi connectivity index (χ3v) is 3.75. The van der Waals surface area contributed by atoms with Crippen molar-refractivity contribution in [1.82, 2.24) is 5.16 Å². The van der Waals surface area contributed by atoms with E-state index in [2.05, 4.69) is 31.2 Å². The molecule has 3 nitrogen and oxygen atoms in total. The van der Waals surface area contributed by atoms with Gasteiger partial charge < -0.3 is 9.84 Å². The molecule has 0 aromatic carbocycles. The normalized spacial score (nSPS) is 15.0. The minimum Gasteiger partial charge on any atom is -0.345 e. The molecule has 0 fully saturated rings. The molecule has 1 N–H and O–H groups in total. The maximum Gasteiger partial charge on any atom is 0.405 e. The van der Waals surface area contributed by atoms with Gasteiger partial charge in [-0.15, -0.1) is 0 Å². The van der Waals surface area contributed by atoms with Gasteiger partial charge in [0.05, 0.1) is 5.69 Å². The van der Waals surface area contributed by atoms with Crippen molar-refractivity contribution >= 4 is 5.88 Å². The molecule has 2 unspecified atom stereocenters. The van der Waals surface area contributed by atoms with Crippen LogP contribution < -0.4 is 5.32 Å². The molecule has 0 saturated heterocycles. The monoisotopic (exact) mass is 306 g/mol. The number of anilines is 1. The van der Waals surface area contributed by atoms with Crippen molar-refractivity contribution in [2.24, 2.45) is 5.92 Å². The number of hydrogen-bond donors (Lipinski definition) is 1. The van der Waals surface area contributed by atoms with Crippen LogP contribution in [-0.4, -0.2) is 17.9 Å². The lowest BCUT2D eigenvalue weighted by Crippen LogP contribution is -2.20. The maximum absolute atomic E-state index is 12.2. The summed E-state index contributed by atoms with van der Waals surface area (Å²) in [5.74, 6) is 1.00. The van der Waals surface area contributed by atoms with E-state index in [1.54, 1.807) is 6.07 Å². The summed E-state index contributed by atoms with van der Waals surface area (Å²) in [4.78, 5) is 0. The average Bonchev–Trinajstić information content (AvgIpc) is 2.88. The summed E-state index contributed by atoms with van der Waals surface area (Å²) >= 11 is 0. The van der Waals surface area contributed by atoms with Crippen molar-refractivity contribution in [3.63, 3.8) is 0 Å². The fraction of sp³-hybridized carbons (Fsp3) is 0.800. The van der Waals surface area contributed by atoms with Gasteiger partial charge in [0.1, 0.15) is 6.54 Å². The van der Waals surface area contributed by atoms with E-state index in [1.807, 2.05) is 0 Å². The van der Waals surface area contributed by atoms with Crippen molar-refractivity contribution in [1.29, 1.82) is 0 Å². The standard InChI is InChI=1S/C15H25F3N2O/c1-4-6-12(8-7-11(3)5-2)13-9-14(21-20-13)19-10-15(16,17)18/h9,11-12,19H,4-8,10H2,1-3H3. The Kier molecular flexibility index (Phi) is 7.05. The van der Waals surface area contributed by atoms with Crippen molar-refractivity contribution in [2.75, 3.05) is 11.9 Å². The summed E-state index contributed by atoms with van der Waals surface area (Å²) in [5, 5.41) is 6.16. The van der Waals surface area contributed by atoms with Crippen molar-refractivity contribution in [3.8, 4) is 0 Å². The zero-order valence-corrected chi connectivity index (χ0v) is 13.0. The summed E-state index contributed by atoms with van der Waals surface area (Å²) in [6, 6.07) is 1.60. The zero-order chi connectivity index (χ0) is 15.9. The Morgan fingerprint density at radius 3 is 2.52 bits per heavy atom. The molecule has 0 saturated carbocycles. The first-order chi connectivity index (χ1) is 9.85. The highest BCUT2D eigenvalue weighted by molar-refractivity contribution is 5.33. The first kappa shape index (κ1) is 17.9. The minimum absolute atomic E-state index is 0.0898. The van der Waals surface area contributed by atoms with Crippen molar-refractivity contribution in [3.05, 3.63) is 11.8 Å². The predicted octanol–water partition coefficient (Wildman–Crippen LogP) is 5.36. The van der Waals surface area contributed by atoms with Crippen LogP contribution in [-0.2, 0) is 0 Å². The Morgan fingerprint density at radius 2 is 1.95 bits per heavy atom. The van der Waals surface area contributed by atoms with Gasteiger partial charge in [0, 0.05) is 12.0 Å². The molecule has 0 aliphatic carbocycles. The van der Waals surface area contributed by atoms with E-state index in [9.17, 15) is 13.2 Å². The van der Waals surface area contributed by atoms with Crippen LogP contribution in [0.2, 0.25) is 0 Å². The highest BCUT2D eigenvalue weighted by Gasteiger charge is 2.27. The first-order valence-electron chi connectivity index (χ1n) is 7.62. The van der Waals surface area contributed by atoms with Gasteiger partial charge in [-0.1, -0.05) is 45.2 Å². The molecule has 0 aliphatic heterocycles. The Morgan fingerprint density at radius 1 is 1.24 bits per heavy atom. The molecule has 2 atom stereocenters. The molecular weight excluding hydrogens is 281 g/mol. The van der Waals surface area contributed by atoms with Crippen LogP contribution in [0.5, 0.6) is 0 Å². The molecule has 0 spiro atoms. The molecular formula is C15H25F3N2O. The summed E-state index contributed by atoms with van der Waals surface area (Å²) in [6.45, 7) is 5.36. The Bertz CT molecular complexity index is 404. The molecule has 6 heteroatoms. The predicted molar refractivity (Wildman–Crippen MR) is 77.4 cm³/mol. The quantitative estimate of drug-likeness (QED) is 0.667. The van der Waals surface area contributed by atoms with Gasteiger partial charge in [0.25, 0.3) is 0 Å². The molecule has 1 heterocycles. The molecule has 21 heavy (non-hydrogen) atoms. The molecule has 0 amide bonds. The van der Waals surface area contributed by atoms with E-state index in [4.69, 9.17) is 4.52 Å². The largest absolute Gasteiger partial charge is 0.405 e. The second kappa shape index (κ2) is 8.29. The van der Waals surface area contributed by atoms with Crippen LogP contribution in [0.1, 0.15) is 64.5 Å². The van der Waals surface area contributed by atoms with E-state index >= 15 is 0 Å². The molecule has 1 aromatic heterocycles. The molecule has 1 aromatic rings. The van der Waals surface area contributed by atoms with E-state index in [1.165, 1.54) is 0 Å². The van der Waals surface area contributed by atoms with Crippen LogP contribution in [0.25, 0.3) is 0 Å². The molecule has 0 aliphatic rings. The lowest BCUT2D eigenvalue weighted by atomic mass is 9.90. The molecule has 0 bridgehead atoms.